The third kappa shape index (κ3) is 4.32. The van der Waals surface area contributed by atoms with Crippen LogP contribution in [0.15, 0.2) is 11.5 Å². The van der Waals surface area contributed by atoms with Crippen molar-refractivity contribution in [3.05, 3.63) is 17.8 Å². The van der Waals surface area contributed by atoms with Crippen LogP contribution in [0, 0.1) is 11.7 Å². The third-order valence-corrected chi connectivity index (χ3v) is 2.83. The van der Waals surface area contributed by atoms with Gasteiger partial charge in [-0.2, -0.15) is 0 Å². The molecule has 1 rings (SSSR count). The van der Waals surface area contributed by atoms with Gasteiger partial charge in [-0.05, 0) is 12.3 Å². The second-order valence-electron chi connectivity index (χ2n) is 4.99. The summed E-state index contributed by atoms with van der Waals surface area (Å²) in [5.41, 5.74) is 5.87. The van der Waals surface area contributed by atoms with Gasteiger partial charge in [-0.25, -0.2) is 14.4 Å². The van der Waals surface area contributed by atoms with Crippen LogP contribution in [0.1, 0.15) is 32.9 Å². The van der Waals surface area contributed by atoms with Crippen molar-refractivity contribution in [3.8, 4) is 0 Å². The zero-order valence-electron chi connectivity index (χ0n) is 12.2. The van der Waals surface area contributed by atoms with Gasteiger partial charge in [0.15, 0.2) is 11.6 Å². The Balaban J connectivity index is 2.98. The van der Waals surface area contributed by atoms with E-state index in [0.29, 0.717) is 37.5 Å². The molecule has 1 aromatic rings. The Labute approximate surface area is 118 Å². The van der Waals surface area contributed by atoms with E-state index >= 15 is 0 Å². The minimum atomic E-state index is -0.393. The molecule has 0 aliphatic rings. The standard InChI is InChI=1S/C13H22FN5O/c1-4-10-12(14)13(17-8-16-10)19(7-9(2)3)6-5-11(15)18-20/h8-9,20H,4-7H2,1-3H3,(H2,15,18). The SMILES string of the molecule is CCc1ncnc(N(CCC(N)=NO)CC(C)C)c1F. The average Bonchev–Trinajstić information content (AvgIpc) is 2.43. The van der Waals surface area contributed by atoms with Gasteiger partial charge in [0.25, 0.3) is 0 Å². The van der Waals surface area contributed by atoms with Crippen molar-refractivity contribution in [1.29, 1.82) is 0 Å². The number of halogens is 1. The number of hydrogen-bond donors (Lipinski definition) is 2. The summed E-state index contributed by atoms with van der Waals surface area (Å²) in [5, 5.41) is 11.5. The van der Waals surface area contributed by atoms with Gasteiger partial charge in [0.05, 0.1) is 5.69 Å². The lowest BCUT2D eigenvalue weighted by molar-refractivity contribution is 0.317. The Kier molecular flexibility index (Phi) is 6.14. The smallest absolute Gasteiger partial charge is 0.187 e. The molecule has 0 aliphatic heterocycles. The number of aryl methyl sites for hydroxylation is 1. The first-order valence-electron chi connectivity index (χ1n) is 6.70. The largest absolute Gasteiger partial charge is 0.409 e. The van der Waals surface area contributed by atoms with Crippen LogP contribution >= 0.6 is 0 Å². The Morgan fingerprint density at radius 3 is 2.75 bits per heavy atom. The zero-order chi connectivity index (χ0) is 15.1. The van der Waals surface area contributed by atoms with Gasteiger partial charge >= 0.3 is 0 Å². The monoisotopic (exact) mass is 283 g/mol. The van der Waals surface area contributed by atoms with E-state index in [2.05, 4.69) is 15.1 Å². The first kappa shape index (κ1) is 16.1. The molecule has 7 heteroatoms. The van der Waals surface area contributed by atoms with Crippen molar-refractivity contribution in [2.45, 2.75) is 33.6 Å². The topological polar surface area (TPSA) is 87.6 Å². The van der Waals surface area contributed by atoms with Crippen LogP contribution in [0.25, 0.3) is 0 Å². The minimum Gasteiger partial charge on any atom is -0.409 e. The molecule has 1 aromatic heterocycles. The predicted molar refractivity (Wildman–Crippen MR) is 76.4 cm³/mol. The fraction of sp³-hybridized carbons (Fsp3) is 0.615. The number of amidine groups is 1. The molecule has 0 bridgehead atoms. The number of nitrogens with two attached hydrogens (primary N) is 1. The van der Waals surface area contributed by atoms with Crippen molar-refractivity contribution in [2.24, 2.45) is 16.8 Å². The van der Waals surface area contributed by atoms with Crippen molar-refractivity contribution in [1.82, 2.24) is 9.97 Å². The van der Waals surface area contributed by atoms with Crippen LogP contribution in [-0.4, -0.2) is 34.1 Å². The molecule has 0 aliphatic carbocycles. The van der Waals surface area contributed by atoms with Gasteiger partial charge in [-0.1, -0.05) is 25.9 Å². The fourth-order valence-electron chi connectivity index (χ4n) is 1.89. The Hall–Kier alpha value is -1.92. The second kappa shape index (κ2) is 7.62. The molecule has 112 valence electrons. The molecule has 0 saturated heterocycles. The molecule has 0 unspecified atom stereocenters. The van der Waals surface area contributed by atoms with Gasteiger partial charge in [-0.15, -0.1) is 0 Å². The van der Waals surface area contributed by atoms with E-state index in [0.717, 1.165) is 0 Å². The summed E-state index contributed by atoms with van der Waals surface area (Å²) in [5.74, 6) is 0.331. The highest BCUT2D eigenvalue weighted by Crippen LogP contribution is 2.19. The minimum absolute atomic E-state index is 0.115. The Morgan fingerprint density at radius 2 is 2.20 bits per heavy atom. The normalized spacial score (nSPS) is 11.9. The number of nitrogens with zero attached hydrogens (tertiary/aromatic N) is 4. The fourth-order valence-corrected chi connectivity index (χ4v) is 1.89. The number of oxime groups is 1. The summed E-state index contributed by atoms with van der Waals surface area (Å²) in [7, 11) is 0. The van der Waals surface area contributed by atoms with E-state index in [9.17, 15) is 4.39 Å². The van der Waals surface area contributed by atoms with Crippen molar-refractivity contribution >= 4 is 11.7 Å². The van der Waals surface area contributed by atoms with Crippen LogP contribution < -0.4 is 10.6 Å². The molecule has 6 nitrogen and oxygen atoms in total. The molecular weight excluding hydrogens is 261 g/mol. The van der Waals surface area contributed by atoms with Gasteiger partial charge in [-0.3, -0.25) is 0 Å². The lowest BCUT2D eigenvalue weighted by atomic mass is 10.2. The maximum atomic E-state index is 14.3. The number of hydrogen-bond acceptors (Lipinski definition) is 5. The molecule has 20 heavy (non-hydrogen) atoms. The van der Waals surface area contributed by atoms with E-state index in [1.807, 2.05) is 20.8 Å². The first-order chi connectivity index (χ1) is 9.49. The van der Waals surface area contributed by atoms with Crippen molar-refractivity contribution in [3.63, 3.8) is 0 Å². The molecular formula is C13H22FN5O. The first-order valence-corrected chi connectivity index (χ1v) is 6.70. The lowest BCUT2D eigenvalue weighted by Crippen LogP contribution is -2.33. The Bertz CT molecular complexity index is 464. The predicted octanol–water partition coefficient (Wildman–Crippen LogP) is 1.78. The summed E-state index contributed by atoms with van der Waals surface area (Å²) in [6, 6.07) is 0. The van der Waals surface area contributed by atoms with Gasteiger partial charge in [0, 0.05) is 19.5 Å². The molecule has 0 amide bonds. The number of aromatic nitrogens is 2. The van der Waals surface area contributed by atoms with Gasteiger partial charge in [0.1, 0.15) is 12.2 Å². The van der Waals surface area contributed by atoms with Crippen LogP contribution in [-0.2, 0) is 6.42 Å². The summed E-state index contributed by atoms with van der Waals surface area (Å²) >= 11 is 0. The molecule has 3 N–H and O–H groups in total. The summed E-state index contributed by atoms with van der Waals surface area (Å²) in [4.78, 5) is 9.77. The van der Waals surface area contributed by atoms with E-state index in [1.165, 1.54) is 6.33 Å². The maximum Gasteiger partial charge on any atom is 0.187 e. The molecule has 0 aromatic carbocycles. The van der Waals surface area contributed by atoms with Gasteiger partial charge < -0.3 is 15.8 Å². The quantitative estimate of drug-likeness (QED) is 0.345. The highest BCUT2D eigenvalue weighted by atomic mass is 19.1. The zero-order valence-corrected chi connectivity index (χ0v) is 12.2. The average molecular weight is 283 g/mol. The lowest BCUT2D eigenvalue weighted by Gasteiger charge is -2.26. The summed E-state index contributed by atoms with van der Waals surface area (Å²) in [6.45, 7) is 6.99. The molecule has 0 saturated carbocycles. The highest BCUT2D eigenvalue weighted by molar-refractivity contribution is 5.80. The van der Waals surface area contributed by atoms with E-state index in [-0.39, 0.29) is 11.7 Å². The van der Waals surface area contributed by atoms with Crippen LogP contribution in [0.2, 0.25) is 0 Å². The maximum absolute atomic E-state index is 14.3. The second-order valence-corrected chi connectivity index (χ2v) is 4.99. The molecule has 0 spiro atoms. The van der Waals surface area contributed by atoms with Crippen molar-refractivity contribution in [2.75, 3.05) is 18.0 Å². The Morgan fingerprint density at radius 1 is 1.50 bits per heavy atom. The van der Waals surface area contributed by atoms with Crippen LogP contribution in [0.5, 0.6) is 0 Å². The summed E-state index contributed by atoms with van der Waals surface area (Å²) in [6.07, 6.45) is 2.22. The van der Waals surface area contributed by atoms with E-state index < -0.39 is 5.82 Å². The highest BCUT2D eigenvalue weighted by Gasteiger charge is 2.17. The van der Waals surface area contributed by atoms with E-state index in [1.54, 1.807) is 4.90 Å². The molecule has 0 radical (unpaired) electrons. The molecule has 1 heterocycles. The van der Waals surface area contributed by atoms with Crippen molar-refractivity contribution < 1.29 is 9.60 Å². The third-order valence-electron chi connectivity index (χ3n) is 2.83. The van der Waals surface area contributed by atoms with E-state index in [4.69, 9.17) is 10.9 Å². The molecule has 0 atom stereocenters. The summed E-state index contributed by atoms with van der Waals surface area (Å²) < 4.78 is 14.3. The number of anilines is 1. The molecule has 0 fully saturated rings. The van der Waals surface area contributed by atoms with Crippen LogP contribution in [0.3, 0.4) is 0 Å². The van der Waals surface area contributed by atoms with Crippen LogP contribution in [0.4, 0.5) is 10.2 Å². The number of rotatable bonds is 7. The van der Waals surface area contributed by atoms with Gasteiger partial charge in [0.2, 0.25) is 0 Å².